The summed E-state index contributed by atoms with van der Waals surface area (Å²) in [6.45, 7) is 0.0189. The van der Waals surface area contributed by atoms with Gasteiger partial charge in [-0.3, -0.25) is 9.36 Å². The summed E-state index contributed by atoms with van der Waals surface area (Å²) in [7, 11) is 4.03. The van der Waals surface area contributed by atoms with Gasteiger partial charge in [0.1, 0.15) is 12.0 Å². The molecule has 0 saturated heterocycles. The van der Waals surface area contributed by atoms with Crippen LogP contribution in [0.3, 0.4) is 0 Å². The molecule has 216 valence electrons. The van der Waals surface area contributed by atoms with Gasteiger partial charge in [-0.05, 0) is 55.5 Å². The summed E-state index contributed by atoms with van der Waals surface area (Å²) in [6, 6.07) is 14.1. The fourth-order valence-corrected chi connectivity index (χ4v) is 6.21. The fourth-order valence-electron chi connectivity index (χ4n) is 6.21. The van der Waals surface area contributed by atoms with Crippen LogP contribution >= 0.6 is 0 Å². The number of alkyl halides is 1. The molecule has 2 saturated carbocycles. The molecule has 1 atom stereocenters. The van der Waals surface area contributed by atoms with Gasteiger partial charge in [0.2, 0.25) is 0 Å². The van der Waals surface area contributed by atoms with Crippen LogP contribution in [-0.4, -0.2) is 45.2 Å². The van der Waals surface area contributed by atoms with Crippen molar-refractivity contribution in [2.45, 2.75) is 50.2 Å². The zero-order chi connectivity index (χ0) is 29.4. The van der Waals surface area contributed by atoms with Crippen molar-refractivity contribution in [1.29, 1.82) is 0 Å². The van der Waals surface area contributed by atoms with Crippen molar-refractivity contribution in [2.75, 3.05) is 0 Å². The van der Waals surface area contributed by atoms with Crippen molar-refractivity contribution in [3.63, 3.8) is 0 Å². The largest absolute Gasteiger partial charge is 0.478 e. The molecule has 6 aromatic rings. The highest BCUT2D eigenvalue weighted by Crippen LogP contribution is 2.49. The Morgan fingerprint density at radius 3 is 2.47 bits per heavy atom. The molecule has 2 aromatic carbocycles. The molecule has 10 heteroatoms. The predicted octanol–water partition coefficient (Wildman–Crippen LogP) is 6.55. The van der Waals surface area contributed by atoms with Gasteiger partial charge in [0.25, 0.3) is 0 Å². The van der Waals surface area contributed by atoms with Crippen LogP contribution in [0.2, 0.25) is 0 Å². The Balaban J connectivity index is 1.20. The molecular formula is C33H30FN7O2. The molecule has 0 amide bonds. The Hall–Kier alpha value is -4.86. The molecule has 2 aliphatic carbocycles. The number of halogens is 1. The Bertz CT molecular complexity index is 2050. The molecule has 4 heterocycles. The van der Waals surface area contributed by atoms with Gasteiger partial charge >= 0.3 is 5.97 Å². The number of nitrogens with zero attached hydrogens (tertiary/aromatic N) is 7. The third kappa shape index (κ3) is 4.48. The lowest BCUT2D eigenvalue weighted by atomic mass is 10.0. The van der Waals surface area contributed by atoms with Gasteiger partial charge in [0.05, 0.1) is 29.0 Å². The number of rotatable bonds is 8. The maximum Gasteiger partial charge on any atom is 0.335 e. The Labute approximate surface area is 246 Å². The minimum atomic E-state index is -1.33. The van der Waals surface area contributed by atoms with Crippen molar-refractivity contribution in [2.24, 2.45) is 14.1 Å². The number of carboxylic acid groups (broad SMARTS) is 1. The third-order valence-corrected chi connectivity index (χ3v) is 8.67. The van der Waals surface area contributed by atoms with Crippen LogP contribution in [0.25, 0.3) is 44.6 Å². The van der Waals surface area contributed by atoms with E-state index in [0.29, 0.717) is 17.4 Å². The van der Waals surface area contributed by atoms with Gasteiger partial charge in [0, 0.05) is 65.9 Å². The van der Waals surface area contributed by atoms with Crippen molar-refractivity contribution in [3.8, 4) is 22.6 Å². The molecule has 2 fully saturated rings. The number of fused-ring (bicyclic) bond motifs is 2. The van der Waals surface area contributed by atoms with Crippen LogP contribution in [0.4, 0.5) is 4.39 Å². The number of hydrogen-bond donors (Lipinski definition) is 1. The first-order chi connectivity index (χ1) is 20.8. The van der Waals surface area contributed by atoms with Gasteiger partial charge in [-0.2, -0.15) is 10.2 Å². The number of benzene rings is 2. The standard InChI is InChI=1S/C33H30FN7O2/c1-39-15-22-14-24(28(19-8-9-19)35-31(22)38-39)32-36-29(30(40(32)2)20-10-11-20)23-4-3-5-27-25(23)16-41(37-27)17-26(34)18-6-12-21(13-7-18)33(42)43/h3-7,12-16,19-20,26H,8-11,17H2,1-2H3,(H,42,43)/t26-/m0/s1. The number of aryl methyl sites for hydroxylation is 1. The van der Waals surface area contributed by atoms with E-state index in [0.717, 1.165) is 76.0 Å². The van der Waals surface area contributed by atoms with Crippen molar-refractivity contribution >= 4 is 27.9 Å². The van der Waals surface area contributed by atoms with Crippen molar-refractivity contribution in [3.05, 3.63) is 83.4 Å². The monoisotopic (exact) mass is 575 g/mol. The Kier molecular flexibility index (Phi) is 5.76. The lowest BCUT2D eigenvalue weighted by Crippen LogP contribution is -2.06. The molecule has 43 heavy (non-hydrogen) atoms. The quantitative estimate of drug-likeness (QED) is 0.221. The van der Waals surface area contributed by atoms with Gasteiger partial charge < -0.3 is 9.67 Å². The third-order valence-electron chi connectivity index (χ3n) is 8.67. The molecular weight excluding hydrogens is 545 g/mol. The average molecular weight is 576 g/mol. The van der Waals surface area contributed by atoms with Crippen LogP contribution in [0.5, 0.6) is 0 Å². The fraction of sp³-hybridized carbons (Fsp3) is 0.303. The van der Waals surface area contributed by atoms with Crippen molar-refractivity contribution in [1.82, 2.24) is 34.1 Å². The van der Waals surface area contributed by atoms with E-state index in [1.54, 1.807) is 4.68 Å². The SMILES string of the molecule is Cn1cc2cc(-c3nc(-c4cccc5nn(C[C@H](F)c6ccc(C(=O)O)cc6)cc45)c(C4CC4)n3C)c(C3CC3)nc2n1. The van der Waals surface area contributed by atoms with Gasteiger partial charge in [-0.15, -0.1) is 0 Å². The van der Waals surface area contributed by atoms with Crippen LogP contribution < -0.4 is 0 Å². The second kappa shape index (κ2) is 9.58. The lowest BCUT2D eigenvalue weighted by Gasteiger charge is -2.10. The number of imidazole rings is 1. The molecule has 1 N–H and O–H groups in total. The zero-order valence-corrected chi connectivity index (χ0v) is 23.9. The summed E-state index contributed by atoms with van der Waals surface area (Å²) in [4.78, 5) is 21.5. The van der Waals surface area contributed by atoms with E-state index in [4.69, 9.17) is 20.2 Å². The van der Waals surface area contributed by atoms with Crippen molar-refractivity contribution < 1.29 is 14.3 Å². The van der Waals surface area contributed by atoms with E-state index in [-0.39, 0.29) is 12.1 Å². The highest BCUT2D eigenvalue weighted by atomic mass is 19.1. The minimum Gasteiger partial charge on any atom is -0.478 e. The summed E-state index contributed by atoms with van der Waals surface area (Å²) in [5.74, 6) is 0.750. The van der Waals surface area contributed by atoms with Gasteiger partial charge in [0.15, 0.2) is 5.65 Å². The second-order valence-corrected chi connectivity index (χ2v) is 11.9. The second-order valence-electron chi connectivity index (χ2n) is 11.9. The molecule has 2 aliphatic rings. The predicted molar refractivity (Wildman–Crippen MR) is 161 cm³/mol. The van der Waals surface area contributed by atoms with Crippen LogP contribution in [-0.2, 0) is 20.6 Å². The number of aromatic nitrogens is 7. The number of hydrogen-bond acceptors (Lipinski definition) is 5. The minimum absolute atomic E-state index is 0.0189. The highest BCUT2D eigenvalue weighted by Gasteiger charge is 2.35. The number of aromatic carboxylic acids is 1. The summed E-state index contributed by atoms with van der Waals surface area (Å²) in [6.07, 6.45) is 7.07. The summed E-state index contributed by atoms with van der Waals surface area (Å²) < 4.78 is 21.0. The van der Waals surface area contributed by atoms with E-state index in [1.165, 1.54) is 30.0 Å². The summed E-state index contributed by atoms with van der Waals surface area (Å²) in [5.41, 5.74) is 7.37. The number of carbonyl (C=O) groups is 1. The normalized spacial score (nSPS) is 15.9. The molecule has 0 radical (unpaired) electrons. The Morgan fingerprint density at radius 1 is 0.977 bits per heavy atom. The number of pyridine rings is 1. The maximum absolute atomic E-state index is 15.3. The van der Waals surface area contributed by atoms with E-state index in [2.05, 4.69) is 28.8 Å². The van der Waals surface area contributed by atoms with E-state index in [1.807, 2.05) is 36.3 Å². The molecule has 4 aromatic heterocycles. The maximum atomic E-state index is 15.3. The smallest absolute Gasteiger partial charge is 0.335 e. The van der Waals surface area contributed by atoms with Crippen LogP contribution in [0.15, 0.2) is 60.9 Å². The first kappa shape index (κ1) is 25.8. The molecule has 9 nitrogen and oxygen atoms in total. The Morgan fingerprint density at radius 2 is 1.74 bits per heavy atom. The topological polar surface area (TPSA) is 104 Å². The molecule has 8 rings (SSSR count). The van der Waals surface area contributed by atoms with Crippen LogP contribution in [0.1, 0.15) is 71.0 Å². The highest BCUT2D eigenvalue weighted by molar-refractivity contribution is 5.95. The van der Waals surface area contributed by atoms with Gasteiger partial charge in [-0.1, -0.05) is 24.3 Å². The first-order valence-corrected chi connectivity index (χ1v) is 14.7. The van der Waals surface area contributed by atoms with Crippen LogP contribution in [0, 0.1) is 0 Å². The van der Waals surface area contributed by atoms with E-state index < -0.39 is 12.1 Å². The number of carboxylic acids is 1. The molecule has 0 aliphatic heterocycles. The van der Waals surface area contributed by atoms with E-state index in [9.17, 15) is 4.79 Å². The summed E-state index contributed by atoms with van der Waals surface area (Å²) in [5, 5.41) is 20.3. The summed E-state index contributed by atoms with van der Waals surface area (Å²) >= 11 is 0. The lowest BCUT2D eigenvalue weighted by molar-refractivity contribution is 0.0696. The first-order valence-electron chi connectivity index (χ1n) is 14.7. The van der Waals surface area contributed by atoms with E-state index >= 15 is 4.39 Å². The zero-order valence-electron chi connectivity index (χ0n) is 23.9. The molecule has 0 bridgehead atoms. The molecule has 0 spiro atoms. The molecule has 0 unspecified atom stereocenters. The average Bonchev–Trinajstić information content (AvgIpc) is 3.91. The van der Waals surface area contributed by atoms with Gasteiger partial charge in [-0.25, -0.2) is 19.2 Å².